The molecule has 0 amide bonds. The standard InChI is InChI=1S/C22H23N3O3/c1-26-6-5-18-9-16-4-3-15(11-20(16)22(18)13-28-21(24)25-22)17-7-14(12-23)8-19(10-17)27-2/h3-4,7-8,10-11,18H,5-6,9,13H2,1-2H3,(H2,24,25). The fourth-order valence-corrected chi connectivity index (χ4v) is 4.33. The topological polar surface area (TPSA) is 89.9 Å². The number of benzene rings is 2. The van der Waals surface area contributed by atoms with Crippen molar-refractivity contribution in [3.8, 4) is 22.9 Å². The van der Waals surface area contributed by atoms with Crippen LogP contribution in [0.4, 0.5) is 0 Å². The van der Waals surface area contributed by atoms with Gasteiger partial charge in [-0.15, -0.1) is 0 Å². The van der Waals surface area contributed by atoms with Gasteiger partial charge in [0, 0.05) is 13.7 Å². The summed E-state index contributed by atoms with van der Waals surface area (Å²) in [5.74, 6) is 0.937. The van der Waals surface area contributed by atoms with E-state index in [1.54, 1.807) is 20.3 Å². The van der Waals surface area contributed by atoms with Crippen molar-refractivity contribution >= 4 is 6.02 Å². The maximum Gasteiger partial charge on any atom is 0.283 e. The average Bonchev–Trinajstić information content (AvgIpc) is 3.26. The monoisotopic (exact) mass is 377 g/mol. The third kappa shape index (κ3) is 2.98. The molecule has 0 aromatic heterocycles. The number of ether oxygens (including phenoxy) is 3. The molecule has 2 unspecified atom stereocenters. The lowest BCUT2D eigenvalue weighted by Gasteiger charge is -2.27. The van der Waals surface area contributed by atoms with Crippen LogP contribution in [0.25, 0.3) is 11.1 Å². The second-order valence-electron chi connectivity index (χ2n) is 7.28. The summed E-state index contributed by atoms with van der Waals surface area (Å²) in [6, 6.07) is 14.4. The highest BCUT2D eigenvalue weighted by Crippen LogP contribution is 2.49. The second kappa shape index (κ2) is 7.17. The van der Waals surface area contributed by atoms with E-state index in [0.29, 0.717) is 24.5 Å². The number of rotatable bonds is 5. The van der Waals surface area contributed by atoms with Gasteiger partial charge in [0.1, 0.15) is 17.9 Å². The highest BCUT2D eigenvalue weighted by molar-refractivity contribution is 5.76. The van der Waals surface area contributed by atoms with Gasteiger partial charge in [-0.3, -0.25) is 0 Å². The van der Waals surface area contributed by atoms with Crippen LogP contribution in [-0.2, 0) is 21.4 Å². The lowest BCUT2D eigenvalue weighted by atomic mass is 9.82. The third-order valence-electron chi connectivity index (χ3n) is 5.74. The minimum absolute atomic E-state index is 0.244. The van der Waals surface area contributed by atoms with Gasteiger partial charge in [-0.05, 0) is 65.3 Å². The zero-order valence-corrected chi connectivity index (χ0v) is 16.1. The first-order chi connectivity index (χ1) is 13.6. The molecule has 4 rings (SSSR count). The minimum Gasteiger partial charge on any atom is -0.497 e. The summed E-state index contributed by atoms with van der Waals surface area (Å²) >= 11 is 0. The highest BCUT2D eigenvalue weighted by Gasteiger charge is 2.50. The molecule has 6 nitrogen and oxygen atoms in total. The number of hydrogen-bond donors (Lipinski definition) is 1. The number of amidine groups is 1. The molecule has 144 valence electrons. The quantitative estimate of drug-likeness (QED) is 0.865. The van der Waals surface area contributed by atoms with Crippen LogP contribution in [0.1, 0.15) is 23.1 Å². The molecular formula is C22H23N3O3. The Bertz CT molecular complexity index is 979. The number of nitrogens with zero attached hydrogens (tertiary/aromatic N) is 2. The van der Waals surface area contributed by atoms with E-state index in [0.717, 1.165) is 29.5 Å². The molecule has 0 bridgehead atoms. The van der Waals surface area contributed by atoms with E-state index in [1.807, 2.05) is 12.1 Å². The zero-order chi connectivity index (χ0) is 19.7. The first-order valence-corrected chi connectivity index (χ1v) is 9.29. The van der Waals surface area contributed by atoms with E-state index in [4.69, 9.17) is 24.9 Å². The average molecular weight is 377 g/mol. The van der Waals surface area contributed by atoms with Crippen LogP contribution < -0.4 is 10.5 Å². The van der Waals surface area contributed by atoms with Crippen LogP contribution in [0.2, 0.25) is 0 Å². The fourth-order valence-electron chi connectivity index (χ4n) is 4.33. The Morgan fingerprint density at radius 2 is 2.11 bits per heavy atom. The largest absolute Gasteiger partial charge is 0.497 e. The van der Waals surface area contributed by atoms with E-state index in [-0.39, 0.29) is 11.9 Å². The second-order valence-corrected chi connectivity index (χ2v) is 7.28. The molecule has 0 saturated carbocycles. The molecule has 1 aliphatic heterocycles. The number of fused-ring (bicyclic) bond motifs is 2. The van der Waals surface area contributed by atoms with Crippen molar-refractivity contribution in [1.82, 2.24) is 0 Å². The smallest absolute Gasteiger partial charge is 0.283 e. The molecule has 2 aromatic carbocycles. The van der Waals surface area contributed by atoms with E-state index < -0.39 is 5.54 Å². The van der Waals surface area contributed by atoms with E-state index >= 15 is 0 Å². The van der Waals surface area contributed by atoms with Crippen LogP contribution in [0.5, 0.6) is 5.75 Å². The SMILES string of the molecule is COCCC1Cc2ccc(-c3cc(C#N)cc(OC)c3)cc2C12COC(N)=N2. The van der Waals surface area contributed by atoms with Gasteiger partial charge in [-0.1, -0.05) is 12.1 Å². The molecule has 28 heavy (non-hydrogen) atoms. The predicted octanol–water partition coefficient (Wildman–Crippen LogP) is 2.98. The van der Waals surface area contributed by atoms with E-state index in [9.17, 15) is 5.26 Å². The van der Waals surface area contributed by atoms with E-state index in [1.165, 1.54) is 5.56 Å². The Balaban J connectivity index is 1.80. The Labute approximate surface area is 164 Å². The predicted molar refractivity (Wildman–Crippen MR) is 106 cm³/mol. The zero-order valence-electron chi connectivity index (χ0n) is 16.1. The van der Waals surface area contributed by atoms with Gasteiger partial charge in [0.15, 0.2) is 0 Å². The lowest BCUT2D eigenvalue weighted by Crippen LogP contribution is -2.32. The normalized spacial score (nSPS) is 22.5. The van der Waals surface area contributed by atoms with Gasteiger partial charge in [-0.25, -0.2) is 4.99 Å². The summed E-state index contributed by atoms with van der Waals surface area (Å²) in [7, 11) is 3.32. The molecule has 0 saturated heterocycles. The van der Waals surface area contributed by atoms with Crippen molar-refractivity contribution in [2.24, 2.45) is 16.6 Å². The molecule has 0 fully saturated rings. The summed E-state index contributed by atoms with van der Waals surface area (Å²) in [5, 5.41) is 9.33. The number of methoxy groups -OCH3 is 2. The molecule has 1 heterocycles. The summed E-state index contributed by atoms with van der Waals surface area (Å²) in [4.78, 5) is 4.74. The summed E-state index contributed by atoms with van der Waals surface area (Å²) in [6.07, 6.45) is 1.80. The fraction of sp³-hybridized carbons (Fsp3) is 0.364. The molecule has 6 heteroatoms. The van der Waals surface area contributed by atoms with Crippen molar-refractivity contribution < 1.29 is 14.2 Å². The van der Waals surface area contributed by atoms with Gasteiger partial charge < -0.3 is 19.9 Å². The molecule has 1 spiro atoms. The number of nitrogens with two attached hydrogens (primary N) is 1. The molecule has 0 radical (unpaired) electrons. The molecule has 2 aliphatic rings. The Morgan fingerprint density at radius 3 is 2.79 bits per heavy atom. The van der Waals surface area contributed by atoms with Crippen molar-refractivity contribution in [1.29, 1.82) is 5.26 Å². The van der Waals surface area contributed by atoms with Crippen LogP contribution in [-0.4, -0.2) is 33.5 Å². The Kier molecular flexibility index (Phi) is 4.70. The Hall–Kier alpha value is -3.04. The molecule has 1 aliphatic carbocycles. The van der Waals surface area contributed by atoms with Gasteiger partial charge in [0.25, 0.3) is 6.02 Å². The van der Waals surface area contributed by atoms with Crippen LogP contribution in [0.15, 0.2) is 41.4 Å². The van der Waals surface area contributed by atoms with Crippen LogP contribution >= 0.6 is 0 Å². The molecular weight excluding hydrogens is 354 g/mol. The highest BCUT2D eigenvalue weighted by atomic mass is 16.5. The van der Waals surface area contributed by atoms with Crippen LogP contribution in [0.3, 0.4) is 0 Å². The number of aliphatic imine (C=N–C) groups is 1. The first kappa shape index (κ1) is 18.3. The Morgan fingerprint density at radius 1 is 1.25 bits per heavy atom. The van der Waals surface area contributed by atoms with Gasteiger partial charge in [0.05, 0.1) is 18.7 Å². The van der Waals surface area contributed by atoms with E-state index in [2.05, 4.69) is 24.3 Å². The van der Waals surface area contributed by atoms with Gasteiger partial charge in [-0.2, -0.15) is 5.26 Å². The van der Waals surface area contributed by atoms with Crippen molar-refractivity contribution in [3.05, 3.63) is 53.1 Å². The maximum absolute atomic E-state index is 9.33. The number of nitriles is 1. The minimum atomic E-state index is -0.467. The first-order valence-electron chi connectivity index (χ1n) is 9.29. The van der Waals surface area contributed by atoms with Gasteiger partial charge >= 0.3 is 0 Å². The third-order valence-corrected chi connectivity index (χ3v) is 5.74. The lowest BCUT2D eigenvalue weighted by molar-refractivity contribution is 0.139. The summed E-state index contributed by atoms with van der Waals surface area (Å²) < 4.78 is 16.3. The van der Waals surface area contributed by atoms with Crippen LogP contribution in [0, 0.1) is 17.2 Å². The summed E-state index contributed by atoms with van der Waals surface area (Å²) in [5.41, 5.74) is 10.4. The molecule has 2 atom stereocenters. The molecule has 2 N–H and O–H groups in total. The van der Waals surface area contributed by atoms with Crippen molar-refractivity contribution in [3.63, 3.8) is 0 Å². The number of hydrogen-bond acceptors (Lipinski definition) is 6. The maximum atomic E-state index is 9.33. The van der Waals surface area contributed by atoms with Gasteiger partial charge in [0.2, 0.25) is 0 Å². The molecule has 2 aromatic rings. The summed E-state index contributed by atoms with van der Waals surface area (Å²) in [6.45, 7) is 1.12. The van der Waals surface area contributed by atoms with Crippen molar-refractivity contribution in [2.75, 3.05) is 27.4 Å². The van der Waals surface area contributed by atoms with Crippen molar-refractivity contribution in [2.45, 2.75) is 18.4 Å².